The lowest BCUT2D eigenvalue weighted by molar-refractivity contribution is -0.142. The van der Waals surface area contributed by atoms with Crippen LogP contribution in [0.4, 0.5) is 0 Å². The number of nitrogens with one attached hydrogen (secondary N) is 1. The minimum atomic E-state index is -0.739. The molecule has 0 radical (unpaired) electrons. The zero-order valence-electron chi connectivity index (χ0n) is 11.4. The minimum Gasteiger partial charge on any atom is -0.481 e. The number of benzene rings is 1. The van der Waals surface area contributed by atoms with Crippen molar-refractivity contribution < 1.29 is 14.7 Å². The number of rotatable bonds is 3. The number of carboxylic acids is 1. The largest absolute Gasteiger partial charge is 0.481 e. The summed E-state index contributed by atoms with van der Waals surface area (Å²) in [5.41, 5.74) is 1.35. The van der Waals surface area contributed by atoms with Crippen molar-refractivity contribution in [2.24, 2.45) is 5.92 Å². The van der Waals surface area contributed by atoms with Gasteiger partial charge in [-0.15, -0.1) is 0 Å². The van der Waals surface area contributed by atoms with Crippen LogP contribution in [0.15, 0.2) is 18.2 Å². The third kappa shape index (κ3) is 3.31. The topological polar surface area (TPSA) is 66.4 Å². The van der Waals surface area contributed by atoms with Crippen molar-refractivity contribution in [3.05, 3.63) is 34.3 Å². The first kappa shape index (κ1) is 14.9. The zero-order chi connectivity index (χ0) is 14.7. The van der Waals surface area contributed by atoms with Crippen molar-refractivity contribution in [3.63, 3.8) is 0 Å². The quantitative estimate of drug-likeness (QED) is 0.901. The summed E-state index contributed by atoms with van der Waals surface area (Å²) in [4.78, 5) is 23.1. The summed E-state index contributed by atoms with van der Waals surface area (Å²) >= 11 is 6.13. The Balaban J connectivity index is 1.96. The Hall–Kier alpha value is -1.55. The van der Waals surface area contributed by atoms with Gasteiger partial charge in [-0.1, -0.05) is 23.7 Å². The van der Waals surface area contributed by atoms with Crippen LogP contribution >= 0.6 is 11.6 Å². The molecule has 1 fully saturated rings. The second-order valence-corrected chi connectivity index (χ2v) is 5.67. The van der Waals surface area contributed by atoms with E-state index in [0.29, 0.717) is 36.3 Å². The van der Waals surface area contributed by atoms with Gasteiger partial charge >= 0.3 is 5.97 Å². The fourth-order valence-electron chi connectivity index (χ4n) is 2.57. The Morgan fingerprint density at radius 3 is 2.50 bits per heavy atom. The summed E-state index contributed by atoms with van der Waals surface area (Å²) in [6.07, 6.45) is 2.63. The summed E-state index contributed by atoms with van der Waals surface area (Å²) in [6, 6.07) is 5.40. The van der Waals surface area contributed by atoms with Gasteiger partial charge in [0.05, 0.1) is 16.5 Å². The van der Waals surface area contributed by atoms with Crippen LogP contribution in [0.3, 0.4) is 0 Å². The summed E-state index contributed by atoms with van der Waals surface area (Å²) in [6.45, 7) is 1.86. The molecular weight excluding hydrogens is 278 g/mol. The molecule has 4 nitrogen and oxygen atoms in total. The number of aryl methyl sites for hydroxylation is 1. The Morgan fingerprint density at radius 1 is 1.25 bits per heavy atom. The van der Waals surface area contributed by atoms with E-state index in [0.717, 1.165) is 5.56 Å². The normalized spacial score (nSPS) is 22.3. The number of halogens is 1. The molecule has 0 heterocycles. The van der Waals surface area contributed by atoms with Crippen molar-refractivity contribution in [2.45, 2.75) is 38.6 Å². The van der Waals surface area contributed by atoms with Crippen LogP contribution in [0.5, 0.6) is 0 Å². The molecule has 5 heteroatoms. The zero-order valence-corrected chi connectivity index (χ0v) is 12.1. The van der Waals surface area contributed by atoms with Gasteiger partial charge in [0.15, 0.2) is 0 Å². The molecular formula is C15H18ClNO3. The van der Waals surface area contributed by atoms with Crippen LogP contribution in [0.1, 0.15) is 41.6 Å². The van der Waals surface area contributed by atoms with Crippen molar-refractivity contribution in [1.82, 2.24) is 5.32 Å². The van der Waals surface area contributed by atoms with E-state index in [1.54, 1.807) is 12.1 Å². The molecule has 1 aromatic carbocycles. The highest BCUT2D eigenvalue weighted by Crippen LogP contribution is 2.25. The summed E-state index contributed by atoms with van der Waals surface area (Å²) in [7, 11) is 0. The fourth-order valence-corrected chi connectivity index (χ4v) is 2.78. The smallest absolute Gasteiger partial charge is 0.306 e. The van der Waals surface area contributed by atoms with Gasteiger partial charge in [0.25, 0.3) is 5.91 Å². The standard InChI is InChI=1S/C15H18ClNO3/c1-9-3-2-4-12(13(9)16)14(18)17-11-7-5-10(6-8-11)15(19)20/h2-4,10-11H,5-8H2,1H3,(H,17,18)(H,19,20). The van der Waals surface area contributed by atoms with E-state index in [-0.39, 0.29) is 17.9 Å². The van der Waals surface area contributed by atoms with Gasteiger partial charge in [-0.25, -0.2) is 0 Å². The van der Waals surface area contributed by atoms with Crippen molar-refractivity contribution in [1.29, 1.82) is 0 Å². The van der Waals surface area contributed by atoms with E-state index >= 15 is 0 Å². The predicted molar refractivity (Wildman–Crippen MR) is 77.0 cm³/mol. The number of hydrogen-bond acceptors (Lipinski definition) is 2. The maximum Gasteiger partial charge on any atom is 0.306 e. The first-order chi connectivity index (χ1) is 9.49. The van der Waals surface area contributed by atoms with E-state index in [4.69, 9.17) is 16.7 Å². The molecule has 2 rings (SSSR count). The summed E-state index contributed by atoms with van der Waals surface area (Å²) in [5.74, 6) is -1.19. The number of carbonyl (C=O) groups excluding carboxylic acids is 1. The average molecular weight is 296 g/mol. The monoisotopic (exact) mass is 295 g/mol. The summed E-state index contributed by atoms with van der Waals surface area (Å²) in [5, 5.41) is 12.4. The van der Waals surface area contributed by atoms with Crippen molar-refractivity contribution in [3.8, 4) is 0 Å². The lowest BCUT2D eigenvalue weighted by Gasteiger charge is -2.27. The van der Waals surface area contributed by atoms with Crippen LogP contribution in [0, 0.1) is 12.8 Å². The van der Waals surface area contributed by atoms with E-state index in [1.165, 1.54) is 0 Å². The molecule has 1 aliphatic rings. The highest BCUT2D eigenvalue weighted by Gasteiger charge is 2.27. The van der Waals surface area contributed by atoms with Gasteiger partial charge in [0, 0.05) is 6.04 Å². The molecule has 0 bridgehead atoms. The number of hydrogen-bond donors (Lipinski definition) is 2. The number of aliphatic carboxylic acids is 1. The second kappa shape index (κ2) is 6.27. The second-order valence-electron chi connectivity index (χ2n) is 5.30. The van der Waals surface area contributed by atoms with Crippen molar-refractivity contribution >= 4 is 23.5 Å². The maximum atomic E-state index is 12.2. The third-order valence-electron chi connectivity index (χ3n) is 3.85. The van der Waals surface area contributed by atoms with Gasteiger partial charge < -0.3 is 10.4 Å². The van der Waals surface area contributed by atoms with Crippen molar-refractivity contribution in [2.75, 3.05) is 0 Å². The van der Waals surface area contributed by atoms with E-state index in [1.807, 2.05) is 13.0 Å². The first-order valence-corrected chi connectivity index (χ1v) is 7.15. The van der Waals surface area contributed by atoms with Crippen LogP contribution in [-0.2, 0) is 4.79 Å². The molecule has 0 spiro atoms. The predicted octanol–water partition coefficient (Wildman–Crippen LogP) is 3.02. The number of amides is 1. The van der Waals surface area contributed by atoms with Crippen LogP contribution in [0.2, 0.25) is 5.02 Å². The molecule has 0 atom stereocenters. The van der Waals surface area contributed by atoms with Gasteiger partial charge in [-0.3, -0.25) is 9.59 Å². The molecule has 20 heavy (non-hydrogen) atoms. The molecule has 2 N–H and O–H groups in total. The molecule has 1 aromatic rings. The Bertz CT molecular complexity index is 522. The lowest BCUT2D eigenvalue weighted by atomic mass is 9.86. The summed E-state index contributed by atoms with van der Waals surface area (Å²) < 4.78 is 0. The highest BCUT2D eigenvalue weighted by molar-refractivity contribution is 6.34. The Kier molecular flexibility index (Phi) is 4.65. The highest BCUT2D eigenvalue weighted by atomic mass is 35.5. The first-order valence-electron chi connectivity index (χ1n) is 6.78. The van der Waals surface area contributed by atoms with E-state index in [2.05, 4.69) is 5.32 Å². The van der Waals surface area contributed by atoms with Gasteiger partial charge in [-0.05, 0) is 44.2 Å². The molecule has 0 unspecified atom stereocenters. The average Bonchev–Trinajstić information content (AvgIpc) is 2.42. The molecule has 1 aliphatic carbocycles. The molecule has 108 valence electrons. The maximum absolute atomic E-state index is 12.2. The fraction of sp³-hybridized carbons (Fsp3) is 0.467. The van der Waals surface area contributed by atoms with Gasteiger partial charge in [0.2, 0.25) is 0 Å². The van der Waals surface area contributed by atoms with Gasteiger partial charge in [-0.2, -0.15) is 0 Å². The van der Waals surface area contributed by atoms with Crippen LogP contribution in [0.25, 0.3) is 0 Å². The lowest BCUT2D eigenvalue weighted by Crippen LogP contribution is -2.38. The third-order valence-corrected chi connectivity index (χ3v) is 4.35. The SMILES string of the molecule is Cc1cccc(C(=O)NC2CCC(C(=O)O)CC2)c1Cl. The van der Waals surface area contributed by atoms with Crippen LogP contribution in [-0.4, -0.2) is 23.0 Å². The minimum absolute atomic E-state index is 0.0367. The van der Waals surface area contributed by atoms with E-state index in [9.17, 15) is 9.59 Å². The molecule has 0 aliphatic heterocycles. The molecule has 0 saturated heterocycles. The molecule has 1 amide bonds. The van der Waals surface area contributed by atoms with Crippen LogP contribution < -0.4 is 5.32 Å². The van der Waals surface area contributed by atoms with E-state index < -0.39 is 5.97 Å². The van der Waals surface area contributed by atoms with Gasteiger partial charge in [0.1, 0.15) is 0 Å². The molecule has 0 aromatic heterocycles. The Labute approximate surface area is 123 Å². The molecule has 1 saturated carbocycles. The number of carboxylic acid groups (broad SMARTS) is 1. The Morgan fingerprint density at radius 2 is 1.90 bits per heavy atom. The number of carbonyl (C=O) groups is 2.